The van der Waals surface area contributed by atoms with Crippen LogP contribution in [-0.4, -0.2) is 39.9 Å². The molecule has 0 aliphatic carbocycles. The molecule has 5 heteroatoms. The van der Waals surface area contributed by atoms with Gasteiger partial charge in [0.15, 0.2) is 0 Å². The van der Waals surface area contributed by atoms with E-state index in [1.54, 1.807) is 24.5 Å². The first-order valence-electron chi connectivity index (χ1n) is 6.33. The minimum Gasteiger partial charge on any atom is -0.395 e. The van der Waals surface area contributed by atoms with Crippen LogP contribution in [0.3, 0.4) is 0 Å². The SMILES string of the molecule is CC(CS(C)=O)NC(=O)c1cccc(C#CCCO)c1. The molecule has 0 heterocycles. The van der Waals surface area contributed by atoms with Crippen LogP contribution in [0, 0.1) is 11.8 Å². The molecule has 2 N–H and O–H groups in total. The van der Waals surface area contributed by atoms with Gasteiger partial charge in [-0.05, 0) is 25.1 Å². The lowest BCUT2D eigenvalue weighted by Crippen LogP contribution is -2.36. The first-order valence-corrected chi connectivity index (χ1v) is 8.06. The lowest BCUT2D eigenvalue weighted by Gasteiger charge is -2.12. The van der Waals surface area contributed by atoms with Crippen LogP contribution in [0.15, 0.2) is 24.3 Å². The largest absolute Gasteiger partial charge is 0.395 e. The Morgan fingerprint density at radius 2 is 2.25 bits per heavy atom. The molecule has 0 spiro atoms. The monoisotopic (exact) mass is 293 g/mol. The van der Waals surface area contributed by atoms with E-state index in [1.165, 1.54) is 0 Å². The van der Waals surface area contributed by atoms with E-state index in [-0.39, 0.29) is 18.6 Å². The fourth-order valence-electron chi connectivity index (χ4n) is 1.66. The van der Waals surface area contributed by atoms with Crippen LogP contribution in [-0.2, 0) is 10.8 Å². The van der Waals surface area contributed by atoms with Crippen molar-refractivity contribution in [3.8, 4) is 11.8 Å². The van der Waals surface area contributed by atoms with E-state index < -0.39 is 10.8 Å². The molecule has 0 aliphatic heterocycles. The quantitative estimate of drug-likeness (QED) is 0.793. The molecule has 0 aliphatic rings. The summed E-state index contributed by atoms with van der Waals surface area (Å²) >= 11 is 0. The Morgan fingerprint density at radius 3 is 2.90 bits per heavy atom. The van der Waals surface area contributed by atoms with Gasteiger partial charge in [0.05, 0.1) is 6.61 Å². The van der Waals surface area contributed by atoms with Crippen LogP contribution in [0.1, 0.15) is 29.3 Å². The Balaban J connectivity index is 2.72. The highest BCUT2D eigenvalue weighted by Gasteiger charge is 2.10. The van der Waals surface area contributed by atoms with Crippen LogP contribution in [0.4, 0.5) is 0 Å². The number of aliphatic hydroxyl groups is 1. The summed E-state index contributed by atoms with van der Waals surface area (Å²) in [5, 5.41) is 11.5. The smallest absolute Gasteiger partial charge is 0.251 e. The minimum absolute atomic E-state index is 0.0266. The Hall–Kier alpha value is -1.64. The van der Waals surface area contributed by atoms with E-state index >= 15 is 0 Å². The maximum absolute atomic E-state index is 12.0. The summed E-state index contributed by atoms with van der Waals surface area (Å²) in [4.78, 5) is 12.0. The molecular weight excluding hydrogens is 274 g/mol. The van der Waals surface area contributed by atoms with Crippen molar-refractivity contribution in [1.82, 2.24) is 5.32 Å². The molecule has 1 rings (SSSR count). The average molecular weight is 293 g/mol. The summed E-state index contributed by atoms with van der Waals surface area (Å²) in [6.45, 7) is 1.85. The molecule has 0 bridgehead atoms. The van der Waals surface area contributed by atoms with Gasteiger partial charge >= 0.3 is 0 Å². The van der Waals surface area contributed by atoms with Gasteiger partial charge in [0.25, 0.3) is 5.91 Å². The van der Waals surface area contributed by atoms with Crippen molar-refractivity contribution in [2.75, 3.05) is 18.6 Å². The molecule has 2 unspecified atom stereocenters. The second-order valence-corrected chi connectivity index (χ2v) is 5.95. The number of carbonyl (C=O) groups is 1. The normalized spacial score (nSPS) is 12.9. The van der Waals surface area contributed by atoms with E-state index in [9.17, 15) is 9.00 Å². The van der Waals surface area contributed by atoms with E-state index in [0.717, 1.165) is 5.56 Å². The van der Waals surface area contributed by atoms with E-state index in [0.29, 0.717) is 17.7 Å². The van der Waals surface area contributed by atoms with E-state index in [2.05, 4.69) is 17.2 Å². The summed E-state index contributed by atoms with van der Waals surface area (Å²) in [6, 6.07) is 6.85. The van der Waals surface area contributed by atoms with Crippen molar-refractivity contribution in [2.45, 2.75) is 19.4 Å². The van der Waals surface area contributed by atoms with E-state index in [1.807, 2.05) is 13.0 Å². The van der Waals surface area contributed by atoms with Crippen molar-refractivity contribution in [1.29, 1.82) is 0 Å². The second kappa shape index (κ2) is 8.51. The Morgan fingerprint density at radius 1 is 1.50 bits per heavy atom. The highest BCUT2D eigenvalue weighted by molar-refractivity contribution is 7.84. The zero-order valence-electron chi connectivity index (χ0n) is 11.7. The van der Waals surface area contributed by atoms with Gasteiger partial charge in [-0.3, -0.25) is 9.00 Å². The summed E-state index contributed by atoms with van der Waals surface area (Å²) < 4.78 is 11.1. The van der Waals surface area contributed by atoms with Crippen LogP contribution < -0.4 is 5.32 Å². The molecule has 1 aromatic rings. The first-order chi connectivity index (χ1) is 9.52. The van der Waals surface area contributed by atoms with Crippen molar-refractivity contribution in [3.63, 3.8) is 0 Å². The molecule has 0 saturated carbocycles. The van der Waals surface area contributed by atoms with Gasteiger partial charge in [-0.15, -0.1) is 0 Å². The maximum Gasteiger partial charge on any atom is 0.251 e. The van der Waals surface area contributed by atoms with Crippen LogP contribution in [0.25, 0.3) is 0 Å². The third-order valence-electron chi connectivity index (χ3n) is 2.46. The first kappa shape index (κ1) is 16.4. The van der Waals surface area contributed by atoms with Gasteiger partial charge in [-0.1, -0.05) is 17.9 Å². The number of benzene rings is 1. The summed E-state index contributed by atoms with van der Waals surface area (Å²) in [5.41, 5.74) is 1.26. The Labute approximate surface area is 122 Å². The topological polar surface area (TPSA) is 66.4 Å². The van der Waals surface area contributed by atoms with Crippen LogP contribution >= 0.6 is 0 Å². The molecule has 4 nitrogen and oxygen atoms in total. The molecule has 0 fully saturated rings. The third kappa shape index (κ3) is 6.00. The zero-order valence-corrected chi connectivity index (χ0v) is 12.5. The number of hydrogen-bond donors (Lipinski definition) is 2. The molecule has 1 amide bonds. The van der Waals surface area contributed by atoms with Crippen LogP contribution in [0.2, 0.25) is 0 Å². The van der Waals surface area contributed by atoms with Gasteiger partial charge in [0.2, 0.25) is 0 Å². The van der Waals surface area contributed by atoms with Gasteiger partial charge in [-0.2, -0.15) is 0 Å². The summed E-state index contributed by atoms with van der Waals surface area (Å²) in [5.74, 6) is 5.93. The predicted octanol–water partition coefficient (Wildman–Crippen LogP) is 0.917. The number of nitrogens with one attached hydrogen (secondary N) is 1. The summed E-state index contributed by atoms with van der Waals surface area (Å²) in [6.07, 6.45) is 2.02. The highest BCUT2D eigenvalue weighted by atomic mass is 32.2. The molecular formula is C15H19NO3S. The van der Waals surface area contributed by atoms with Crippen LogP contribution in [0.5, 0.6) is 0 Å². The Kier molecular flexibility index (Phi) is 6.99. The zero-order chi connectivity index (χ0) is 15.0. The average Bonchev–Trinajstić information content (AvgIpc) is 2.38. The minimum atomic E-state index is -0.939. The lowest BCUT2D eigenvalue weighted by molar-refractivity contribution is 0.0943. The molecule has 2 atom stereocenters. The number of amides is 1. The number of hydrogen-bond acceptors (Lipinski definition) is 3. The second-order valence-electron chi connectivity index (χ2n) is 4.47. The van der Waals surface area contributed by atoms with Gasteiger partial charge < -0.3 is 10.4 Å². The molecule has 0 radical (unpaired) electrons. The predicted molar refractivity (Wildman–Crippen MR) is 80.9 cm³/mol. The number of aliphatic hydroxyl groups excluding tert-OH is 1. The molecule has 0 saturated heterocycles. The molecule has 108 valence electrons. The van der Waals surface area contributed by atoms with Gasteiger partial charge in [0, 0.05) is 46.4 Å². The molecule has 0 aromatic heterocycles. The molecule has 20 heavy (non-hydrogen) atoms. The Bertz CT molecular complexity index is 546. The standard InChI is InChI=1S/C15H19NO3S/c1-12(11-20(2)19)16-15(18)14-8-5-7-13(10-14)6-3-4-9-17/h5,7-8,10,12,17H,4,9,11H2,1-2H3,(H,16,18). The third-order valence-corrected chi connectivity index (χ3v) is 3.43. The van der Waals surface area contributed by atoms with Crippen molar-refractivity contribution < 1.29 is 14.1 Å². The number of rotatable bonds is 5. The fraction of sp³-hybridized carbons (Fsp3) is 0.400. The van der Waals surface area contributed by atoms with Crippen molar-refractivity contribution in [2.24, 2.45) is 0 Å². The number of carbonyl (C=O) groups excluding carboxylic acids is 1. The maximum atomic E-state index is 12.0. The molecule has 1 aromatic carbocycles. The summed E-state index contributed by atoms with van der Waals surface area (Å²) in [7, 11) is -0.939. The highest BCUT2D eigenvalue weighted by Crippen LogP contribution is 2.05. The van der Waals surface area contributed by atoms with Crippen molar-refractivity contribution >= 4 is 16.7 Å². The fourth-order valence-corrected chi connectivity index (χ4v) is 2.45. The van der Waals surface area contributed by atoms with Crippen molar-refractivity contribution in [3.05, 3.63) is 35.4 Å². The lowest BCUT2D eigenvalue weighted by atomic mass is 10.1. The van der Waals surface area contributed by atoms with Gasteiger partial charge in [-0.25, -0.2) is 0 Å². The van der Waals surface area contributed by atoms with Gasteiger partial charge in [0.1, 0.15) is 0 Å². The van der Waals surface area contributed by atoms with E-state index in [4.69, 9.17) is 5.11 Å².